The first-order valence-corrected chi connectivity index (χ1v) is 9.40. The smallest absolute Gasteiger partial charge is 0.255 e. The van der Waals surface area contributed by atoms with Gasteiger partial charge in [0.05, 0.1) is 22.0 Å². The van der Waals surface area contributed by atoms with E-state index in [1.54, 1.807) is 35.1 Å². The Morgan fingerprint density at radius 2 is 1.77 bits per heavy atom. The SMILES string of the molecule is O=C(Nc1cc2c(cc1Br)OCCO2)c1ccc(-n2cc(Br)cn2)cc1. The maximum atomic E-state index is 12.6. The fraction of sp³-hybridized carbons (Fsp3) is 0.111. The van der Waals surface area contributed by atoms with Gasteiger partial charge in [0, 0.05) is 28.4 Å². The molecule has 132 valence electrons. The molecule has 1 N–H and O–H groups in total. The normalized spacial score (nSPS) is 12.7. The third kappa shape index (κ3) is 3.47. The maximum absolute atomic E-state index is 12.6. The molecular formula is C18H13Br2N3O3. The molecule has 0 radical (unpaired) electrons. The van der Waals surface area contributed by atoms with Gasteiger partial charge >= 0.3 is 0 Å². The molecule has 0 atom stereocenters. The number of carbonyl (C=O) groups is 1. The lowest BCUT2D eigenvalue weighted by Gasteiger charge is -2.20. The van der Waals surface area contributed by atoms with Gasteiger partial charge in [0.2, 0.25) is 0 Å². The molecule has 1 aliphatic rings. The standard InChI is InChI=1S/C18H13Br2N3O3/c19-12-9-21-23(10-12)13-3-1-11(2-4-13)18(24)22-15-8-17-16(7-14(15)20)25-5-6-26-17/h1-4,7-10H,5-6H2,(H,22,24). The average molecular weight is 479 g/mol. The van der Waals surface area contributed by atoms with E-state index in [0.717, 1.165) is 14.6 Å². The average Bonchev–Trinajstić information content (AvgIpc) is 3.09. The molecule has 0 fully saturated rings. The summed E-state index contributed by atoms with van der Waals surface area (Å²) in [5, 5.41) is 7.11. The van der Waals surface area contributed by atoms with Gasteiger partial charge < -0.3 is 14.8 Å². The number of aromatic nitrogens is 2. The molecule has 6 nitrogen and oxygen atoms in total. The van der Waals surface area contributed by atoms with Crippen molar-refractivity contribution in [3.63, 3.8) is 0 Å². The molecule has 0 spiro atoms. The van der Waals surface area contributed by atoms with E-state index < -0.39 is 0 Å². The Morgan fingerprint density at radius 1 is 1.08 bits per heavy atom. The van der Waals surface area contributed by atoms with Crippen molar-refractivity contribution >= 4 is 43.5 Å². The highest BCUT2D eigenvalue weighted by Crippen LogP contribution is 2.38. The van der Waals surface area contributed by atoms with Gasteiger partial charge in [0.1, 0.15) is 13.2 Å². The minimum absolute atomic E-state index is 0.212. The predicted molar refractivity (Wildman–Crippen MR) is 104 cm³/mol. The van der Waals surface area contributed by atoms with E-state index in [1.165, 1.54) is 0 Å². The zero-order valence-electron chi connectivity index (χ0n) is 13.4. The van der Waals surface area contributed by atoms with Gasteiger partial charge in [-0.2, -0.15) is 5.10 Å². The van der Waals surface area contributed by atoms with Crippen LogP contribution in [-0.2, 0) is 0 Å². The van der Waals surface area contributed by atoms with Crippen molar-refractivity contribution in [1.29, 1.82) is 0 Å². The zero-order valence-corrected chi connectivity index (χ0v) is 16.6. The van der Waals surface area contributed by atoms with Gasteiger partial charge in [-0.05, 0) is 56.1 Å². The van der Waals surface area contributed by atoms with Crippen molar-refractivity contribution in [3.8, 4) is 17.2 Å². The van der Waals surface area contributed by atoms with Gasteiger partial charge in [0.15, 0.2) is 11.5 Å². The number of carbonyl (C=O) groups excluding carboxylic acids is 1. The van der Waals surface area contributed by atoms with Crippen molar-refractivity contribution < 1.29 is 14.3 Å². The summed E-state index contributed by atoms with van der Waals surface area (Å²) in [5.74, 6) is 1.07. The van der Waals surface area contributed by atoms with Crippen LogP contribution in [0.2, 0.25) is 0 Å². The van der Waals surface area contributed by atoms with E-state index in [9.17, 15) is 4.79 Å². The van der Waals surface area contributed by atoms with Crippen LogP contribution >= 0.6 is 31.9 Å². The van der Waals surface area contributed by atoms with Crippen LogP contribution in [0, 0.1) is 0 Å². The Bertz CT molecular complexity index is 970. The highest BCUT2D eigenvalue weighted by atomic mass is 79.9. The van der Waals surface area contributed by atoms with Gasteiger partial charge in [-0.25, -0.2) is 4.68 Å². The van der Waals surface area contributed by atoms with Gasteiger partial charge in [-0.15, -0.1) is 0 Å². The lowest BCUT2D eigenvalue weighted by molar-refractivity contribution is 0.102. The Labute approximate surface area is 166 Å². The summed E-state index contributed by atoms with van der Waals surface area (Å²) < 4.78 is 14.4. The number of anilines is 1. The molecule has 1 aliphatic heterocycles. The van der Waals surface area contributed by atoms with Crippen molar-refractivity contribution in [2.75, 3.05) is 18.5 Å². The number of fused-ring (bicyclic) bond motifs is 1. The number of amides is 1. The zero-order chi connectivity index (χ0) is 18.1. The number of nitrogens with one attached hydrogen (secondary N) is 1. The predicted octanol–water partition coefficient (Wildman–Crippen LogP) is 4.42. The van der Waals surface area contributed by atoms with Crippen LogP contribution in [0.4, 0.5) is 5.69 Å². The van der Waals surface area contributed by atoms with Crippen LogP contribution in [0.5, 0.6) is 11.5 Å². The lowest BCUT2D eigenvalue weighted by Crippen LogP contribution is -2.17. The quantitative estimate of drug-likeness (QED) is 0.605. The molecule has 0 unspecified atom stereocenters. The number of halogens is 2. The molecule has 26 heavy (non-hydrogen) atoms. The second-order valence-corrected chi connectivity index (χ2v) is 7.35. The summed E-state index contributed by atoms with van der Waals surface area (Å²) in [4.78, 5) is 12.6. The van der Waals surface area contributed by atoms with Gasteiger partial charge in [-0.3, -0.25) is 4.79 Å². The summed E-state index contributed by atoms with van der Waals surface area (Å²) in [7, 11) is 0. The lowest BCUT2D eigenvalue weighted by atomic mass is 10.2. The molecular weight excluding hydrogens is 466 g/mol. The summed E-state index contributed by atoms with van der Waals surface area (Å²) >= 11 is 6.82. The number of hydrogen-bond donors (Lipinski definition) is 1. The molecule has 0 aliphatic carbocycles. The Kier molecular flexibility index (Phi) is 4.69. The number of rotatable bonds is 3. The molecule has 0 bridgehead atoms. The minimum atomic E-state index is -0.212. The van der Waals surface area contributed by atoms with Gasteiger partial charge in [-0.1, -0.05) is 0 Å². The summed E-state index contributed by atoms with van der Waals surface area (Å²) in [6, 6.07) is 10.7. The molecule has 0 saturated heterocycles. The van der Waals surface area contributed by atoms with Gasteiger partial charge in [0.25, 0.3) is 5.91 Å². The highest BCUT2D eigenvalue weighted by molar-refractivity contribution is 9.10. The van der Waals surface area contributed by atoms with Crippen LogP contribution in [-0.4, -0.2) is 28.9 Å². The molecule has 4 rings (SSSR count). The Hall–Kier alpha value is -2.32. The number of nitrogens with zero attached hydrogens (tertiary/aromatic N) is 2. The summed E-state index contributed by atoms with van der Waals surface area (Å²) in [5.41, 5.74) is 2.04. The van der Waals surface area contributed by atoms with Crippen LogP contribution < -0.4 is 14.8 Å². The van der Waals surface area contributed by atoms with E-state index in [4.69, 9.17) is 9.47 Å². The van der Waals surface area contributed by atoms with E-state index in [2.05, 4.69) is 42.3 Å². The fourth-order valence-corrected chi connectivity index (χ4v) is 3.27. The van der Waals surface area contributed by atoms with Crippen molar-refractivity contribution in [2.45, 2.75) is 0 Å². The first-order chi connectivity index (χ1) is 12.6. The maximum Gasteiger partial charge on any atom is 0.255 e. The Balaban J connectivity index is 1.53. The van der Waals surface area contributed by atoms with Crippen LogP contribution in [0.25, 0.3) is 5.69 Å². The largest absolute Gasteiger partial charge is 0.486 e. The second kappa shape index (κ2) is 7.13. The highest BCUT2D eigenvalue weighted by Gasteiger charge is 2.16. The molecule has 0 saturated carbocycles. The number of hydrogen-bond acceptors (Lipinski definition) is 4. The van der Waals surface area contributed by atoms with Crippen molar-refractivity contribution in [1.82, 2.24) is 9.78 Å². The first kappa shape index (κ1) is 17.1. The third-order valence-corrected chi connectivity index (χ3v) is 4.89. The van der Waals surface area contributed by atoms with E-state index in [0.29, 0.717) is 36.0 Å². The Morgan fingerprint density at radius 3 is 2.42 bits per heavy atom. The van der Waals surface area contributed by atoms with Crippen molar-refractivity contribution in [2.24, 2.45) is 0 Å². The number of ether oxygens (including phenoxy) is 2. The molecule has 8 heteroatoms. The minimum Gasteiger partial charge on any atom is -0.486 e. The fourth-order valence-electron chi connectivity index (χ4n) is 2.56. The van der Waals surface area contributed by atoms with Crippen molar-refractivity contribution in [3.05, 3.63) is 63.3 Å². The molecule has 3 aromatic rings. The first-order valence-electron chi connectivity index (χ1n) is 7.81. The monoisotopic (exact) mass is 477 g/mol. The van der Waals surface area contributed by atoms with E-state index >= 15 is 0 Å². The molecule has 2 aromatic carbocycles. The second-order valence-electron chi connectivity index (χ2n) is 5.58. The molecule has 1 amide bonds. The summed E-state index contributed by atoms with van der Waals surface area (Å²) in [6.45, 7) is 1.01. The molecule has 2 heterocycles. The number of benzene rings is 2. The molecule has 1 aromatic heterocycles. The van der Waals surface area contributed by atoms with Crippen LogP contribution in [0.15, 0.2) is 57.7 Å². The van der Waals surface area contributed by atoms with Crippen LogP contribution in [0.3, 0.4) is 0 Å². The van der Waals surface area contributed by atoms with Crippen LogP contribution in [0.1, 0.15) is 10.4 Å². The summed E-state index contributed by atoms with van der Waals surface area (Å²) in [6.07, 6.45) is 3.56. The third-order valence-electron chi connectivity index (χ3n) is 3.83. The van der Waals surface area contributed by atoms with E-state index in [1.807, 2.05) is 18.3 Å². The topological polar surface area (TPSA) is 65.4 Å². The van der Waals surface area contributed by atoms with E-state index in [-0.39, 0.29) is 5.91 Å².